The number of hydrogen-bond donors (Lipinski definition) is 1. The molecular weight excluding hydrogens is 237 g/mol. The zero-order chi connectivity index (χ0) is 11.9. The van der Waals surface area contributed by atoms with E-state index in [1.807, 2.05) is 31.2 Å². The van der Waals surface area contributed by atoms with Gasteiger partial charge in [-0.15, -0.1) is 0 Å². The molecule has 0 saturated carbocycles. The molecule has 1 rings (SSSR count). The summed E-state index contributed by atoms with van der Waals surface area (Å²) in [6.45, 7) is 3.67. The molecule has 2 N–H and O–H groups in total. The SMILES string of the molecule is CCCS(=O)(=O)[O-].Cc1cccc(N)c1.[Na+]. The van der Waals surface area contributed by atoms with Crippen LogP contribution in [0.1, 0.15) is 18.9 Å². The minimum atomic E-state index is -3.92. The maximum atomic E-state index is 9.68. The fraction of sp³-hybridized carbons (Fsp3) is 0.400. The fourth-order valence-electron chi connectivity index (χ4n) is 0.920. The van der Waals surface area contributed by atoms with E-state index in [1.165, 1.54) is 5.56 Å². The van der Waals surface area contributed by atoms with Crippen LogP contribution in [0.3, 0.4) is 0 Å². The van der Waals surface area contributed by atoms with Gasteiger partial charge in [0, 0.05) is 11.4 Å². The maximum absolute atomic E-state index is 9.68. The van der Waals surface area contributed by atoms with Crippen LogP contribution in [0.15, 0.2) is 24.3 Å². The van der Waals surface area contributed by atoms with Gasteiger partial charge in [0.1, 0.15) is 0 Å². The predicted octanol–water partition coefficient (Wildman–Crippen LogP) is -1.48. The van der Waals surface area contributed by atoms with Gasteiger partial charge in [0.15, 0.2) is 0 Å². The van der Waals surface area contributed by atoms with Crippen molar-refractivity contribution in [3.05, 3.63) is 29.8 Å². The van der Waals surface area contributed by atoms with Gasteiger partial charge in [-0.1, -0.05) is 19.1 Å². The van der Waals surface area contributed by atoms with Gasteiger partial charge in [-0.2, -0.15) is 0 Å². The fourth-order valence-corrected chi connectivity index (χ4v) is 1.42. The molecule has 0 aliphatic heterocycles. The van der Waals surface area contributed by atoms with Gasteiger partial charge in [0.25, 0.3) is 0 Å². The summed E-state index contributed by atoms with van der Waals surface area (Å²) < 4.78 is 29.0. The van der Waals surface area contributed by atoms with Crippen LogP contribution in [0.2, 0.25) is 0 Å². The summed E-state index contributed by atoms with van der Waals surface area (Å²) in [4.78, 5) is 0. The van der Waals surface area contributed by atoms with Crippen molar-refractivity contribution in [2.45, 2.75) is 20.3 Å². The van der Waals surface area contributed by atoms with Crippen molar-refractivity contribution in [3.8, 4) is 0 Å². The summed E-state index contributed by atoms with van der Waals surface area (Å²) >= 11 is 0. The Morgan fingerprint density at radius 1 is 1.38 bits per heavy atom. The molecule has 0 radical (unpaired) electrons. The van der Waals surface area contributed by atoms with Gasteiger partial charge < -0.3 is 10.3 Å². The molecule has 1 aromatic rings. The zero-order valence-corrected chi connectivity index (χ0v) is 12.8. The van der Waals surface area contributed by atoms with Crippen LogP contribution in [0.5, 0.6) is 0 Å². The van der Waals surface area contributed by atoms with Crippen LogP contribution in [0.4, 0.5) is 5.69 Å². The van der Waals surface area contributed by atoms with E-state index in [1.54, 1.807) is 6.92 Å². The summed E-state index contributed by atoms with van der Waals surface area (Å²) in [5, 5.41) is 0. The third kappa shape index (κ3) is 12.0. The second kappa shape index (κ2) is 9.01. The molecule has 0 spiro atoms. The first-order valence-electron chi connectivity index (χ1n) is 4.61. The Hall–Kier alpha value is -0.0700. The van der Waals surface area contributed by atoms with Crippen molar-refractivity contribution in [3.63, 3.8) is 0 Å². The largest absolute Gasteiger partial charge is 1.00 e. The van der Waals surface area contributed by atoms with E-state index in [2.05, 4.69) is 0 Å². The van der Waals surface area contributed by atoms with Gasteiger partial charge >= 0.3 is 29.6 Å². The predicted molar refractivity (Wildman–Crippen MR) is 60.4 cm³/mol. The Morgan fingerprint density at radius 2 is 1.94 bits per heavy atom. The van der Waals surface area contributed by atoms with E-state index in [9.17, 15) is 13.0 Å². The van der Waals surface area contributed by atoms with Gasteiger partial charge in [-0.25, -0.2) is 8.42 Å². The van der Waals surface area contributed by atoms with Crippen LogP contribution in [0, 0.1) is 6.92 Å². The molecule has 0 atom stereocenters. The molecule has 6 heteroatoms. The number of hydrogen-bond acceptors (Lipinski definition) is 4. The van der Waals surface area contributed by atoms with Crippen LogP contribution in [-0.4, -0.2) is 18.7 Å². The summed E-state index contributed by atoms with van der Waals surface area (Å²) in [7, 11) is -3.92. The Balaban J connectivity index is 0. The molecule has 0 fully saturated rings. The monoisotopic (exact) mass is 253 g/mol. The van der Waals surface area contributed by atoms with Gasteiger partial charge in [0.2, 0.25) is 0 Å². The average molecular weight is 253 g/mol. The molecule has 86 valence electrons. The Bertz CT molecular complexity index is 376. The van der Waals surface area contributed by atoms with E-state index in [4.69, 9.17) is 5.73 Å². The number of benzene rings is 1. The third-order valence-corrected chi connectivity index (χ3v) is 2.40. The molecule has 4 nitrogen and oxygen atoms in total. The quantitative estimate of drug-likeness (QED) is 0.396. The maximum Gasteiger partial charge on any atom is 1.00 e. The summed E-state index contributed by atoms with van der Waals surface area (Å²) in [6, 6.07) is 7.80. The number of aryl methyl sites for hydroxylation is 1. The summed E-state index contributed by atoms with van der Waals surface area (Å²) in [5.41, 5.74) is 7.51. The molecule has 0 unspecified atom stereocenters. The molecule has 16 heavy (non-hydrogen) atoms. The van der Waals surface area contributed by atoms with Crippen molar-refractivity contribution in [2.75, 3.05) is 11.5 Å². The molecule has 0 bridgehead atoms. The second-order valence-corrected chi connectivity index (χ2v) is 4.70. The number of rotatable bonds is 2. The van der Waals surface area contributed by atoms with Crippen molar-refractivity contribution >= 4 is 15.8 Å². The second-order valence-electron chi connectivity index (χ2n) is 3.18. The zero-order valence-electron chi connectivity index (χ0n) is 9.93. The van der Waals surface area contributed by atoms with Crippen LogP contribution < -0.4 is 35.3 Å². The molecule has 1 aromatic carbocycles. The molecule has 0 heterocycles. The van der Waals surface area contributed by atoms with Crippen molar-refractivity contribution in [2.24, 2.45) is 0 Å². The van der Waals surface area contributed by atoms with Crippen molar-refractivity contribution in [1.82, 2.24) is 0 Å². The molecule has 0 aliphatic rings. The Morgan fingerprint density at radius 3 is 2.12 bits per heavy atom. The molecular formula is C10H16NNaO3S. The first-order chi connectivity index (χ1) is 6.85. The molecule has 0 aromatic heterocycles. The van der Waals surface area contributed by atoms with Crippen molar-refractivity contribution < 1.29 is 42.5 Å². The Kier molecular flexibility index (Phi) is 10.3. The van der Waals surface area contributed by atoms with E-state index in [0.717, 1.165) is 5.69 Å². The first-order valence-corrected chi connectivity index (χ1v) is 6.18. The van der Waals surface area contributed by atoms with Crippen LogP contribution in [0.25, 0.3) is 0 Å². The van der Waals surface area contributed by atoms with Gasteiger partial charge in [0.05, 0.1) is 10.1 Å². The third-order valence-electron chi connectivity index (χ3n) is 1.50. The van der Waals surface area contributed by atoms with E-state index < -0.39 is 10.1 Å². The van der Waals surface area contributed by atoms with Crippen LogP contribution >= 0.6 is 0 Å². The Labute approximate surface area is 119 Å². The van der Waals surface area contributed by atoms with Crippen molar-refractivity contribution in [1.29, 1.82) is 0 Å². The minimum Gasteiger partial charge on any atom is -0.748 e. The first kappa shape index (κ1) is 18.3. The summed E-state index contributed by atoms with van der Waals surface area (Å²) in [6.07, 6.45) is 0.409. The number of nitrogens with two attached hydrogens (primary N) is 1. The average Bonchev–Trinajstić information content (AvgIpc) is 2.01. The smallest absolute Gasteiger partial charge is 0.748 e. The van der Waals surface area contributed by atoms with Gasteiger partial charge in [-0.3, -0.25) is 0 Å². The molecule has 0 saturated heterocycles. The van der Waals surface area contributed by atoms with E-state index in [-0.39, 0.29) is 35.3 Å². The minimum absolute atomic E-state index is 0. The molecule has 0 aliphatic carbocycles. The van der Waals surface area contributed by atoms with E-state index in [0.29, 0.717) is 6.42 Å². The molecule has 0 amide bonds. The number of nitrogen functional groups attached to an aromatic ring is 1. The van der Waals surface area contributed by atoms with Gasteiger partial charge in [-0.05, 0) is 31.0 Å². The normalized spacial score (nSPS) is 9.69. The summed E-state index contributed by atoms with van der Waals surface area (Å²) in [5.74, 6) is -0.243. The number of anilines is 1. The topological polar surface area (TPSA) is 83.2 Å². The van der Waals surface area contributed by atoms with E-state index >= 15 is 0 Å². The van der Waals surface area contributed by atoms with Crippen LogP contribution in [-0.2, 0) is 10.1 Å². The standard InChI is InChI=1S/C7H9N.C3H8O3S.Na/c1-6-3-2-4-7(8)5-6;1-2-3-7(4,5)6;/h2-5H,8H2,1H3;2-3H2,1H3,(H,4,5,6);/q;;+1/p-1.